The third kappa shape index (κ3) is 4.65. The van der Waals surface area contributed by atoms with E-state index in [0.717, 1.165) is 0 Å². The first-order valence-corrected chi connectivity index (χ1v) is 6.04. The number of carbonyl (C=O) groups excluding carboxylic acids is 1. The van der Waals surface area contributed by atoms with Crippen molar-refractivity contribution < 1.29 is 4.79 Å². The number of rotatable bonds is 4. The molecule has 0 heterocycles. The van der Waals surface area contributed by atoms with Crippen LogP contribution in [0.5, 0.6) is 0 Å². The van der Waals surface area contributed by atoms with Gasteiger partial charge in [-0.05, 0) is 32.6 Å². The molecule has 3 N–H and O–H groups in total. The maximum absolute atomic E-state index is 11.7. The molecule has 0 saturated heterocycles. The zero-order valence-corrected chi connectivity index (χ0v) is 10.0. The largest absolute Gasteiger partial charge is 0.350 e. The lowest BCUT2D eigenvalue weighted by atomic mass is 9.86. The Morgan fingerprint density at radius 2 is 1.93 bits per heavy atom. The summed E-state index contributed by atoms with van der Waals surface area (Å²) in [5.74, 6) is 0.768. The third-order valence-electron chi connectivity index (χ3n) is 3.19. The molecular weight excluding hydrogens is 188 g/mol. The van der Waals surface area contributed by atoms with E-state index in [1.807, 2.05) is 13.8 Å². The van der Waals surface area contributed by atoms with Gasteiger partial charge in [0.15, 0.2) is 0 Å². The highest BCUT2D eigenvalue weighted by Gasteiger charge is 2.21. The van der Waals surface area contributed by atoms with Crippen LogP contribution in [-0.4, -0.2) is 18.0 Å². The minimum absolute atomic E-state index is 0.164. The topological polar surface area (TPSA) is 55.1 Å². The molecule has 0 spiro atoms. The number of carbonyl (C=O) groups is 1. The molecule has 0 atom stereocenters. The molecule has 0 radical (unpaired) electrons. The Bertz CT molecular complexity index is 208. The molecule has 1 saturated carbocycles. The van der Waals surface area contributed by atoms with Gasteiger partial charge in [-0.1, -0.05) is 19.3 Å². The van der Waals surface area contributed by atoms with Crippen LogP contribution >= 0.6 is 0 Å². The van der Waals surface area contributed by atoms with Gasteiger partial charge in [0.05, 0.1) is 0 Å². The lowest BCUT2D eigenvalue weighted by Gasteiger charge is -2.27. The fraction of sp³-hybridized carbons (Fsp3) is 0.917. The van der Waals surface area contributed by atoms with Crippen LogP contribution in [0.15, 0.2) is 0 Å². The summed E-state index contributed by atoms with van der Waals surface area (Å²) in [7, 11) is 0. The first-order valence-electron chi connectivity index (χ1n) is 6.04. The van der Waals surface area contributed by atoms with E-state index in [9.17, 15) is 4.79 Å². The molecule has 3 nitrogen and oxygen atoms in total. The first-order chi connectivity index (χ1) is 7.03. The minimum atomic E-state index is -0.258. The van der Waals surface area contributed by atoms with E-state index in [2.05, 4.69) is 5.32 Å². The van der Waals surface area contributed by atoms with Crippen LogP contribution in [0.2, 0.25) is 0 Å². The minimum Gasteiger partial charge on any atom is -0.350 e. The molecule has 1 aliphatic carbocycles. The van der Waals surface area contributed by atoms with Gasteiger partial charge in [0.1, 0.15) is 0 Å². The number of hydrogen-bond donors (Lipinski definition) is 2. The van der Waals surface area contributed by atoms with Crippen LogP contribution in [0.25, 0.3) is 0 Å². The second-order valence-corrected chi connectivity index (χ2v) is 5.34. The molecule has 0 aromatic heterocycles. The van der Waals surface area contributed by atoms with Crippen molar-refractivity contribution in [3.8, 4) is 0 Å². The van der Waals surface area contributed by atoms with E-state index < -0.39 is 0 Å². The van der Waals surface area contributed by atoms with Gasteiger partial charge >= 0.3 is 0 Å². The van der Waals surface area contributed by atoms with Crippen molar-refractivity contribution in [3.05, 3.63) is 0 Å². The van der Waals surface area contributed by atoms with Crippen LogP contribution < -0.4 is 11.1 Å². The van der Waals surface area contributed by atoms with Gasteiger partial charge in [0.2, 0.25) is 5.91 Å². The lowest BCUT2D eigenvalue weighted by molar-refractivity contribution is -0.123. The Morgan fingerprint density at radius 3 is 2.47 bits per heavy atom. The lowest BCUT2D eigenvalue weighted by Crippen LogP contribution is -2.49. The predicted octanol–water partition coefficient (Wildman–Crippen LogP) is 1.81. The SMILES string of the molecule is CC(C)(CN)NC(=O)CC1CCCCC1. The summed E-state index contributed by atoms with van der Waals surface area (Å²) in [6.45, 7) is 4.42. The van der Waals surface area contributed by atoms with Crippen LogP contribution in [0, 0.1) is 5.92 Å². The standard InChI is InChI=1S/C12H24N2O/c1-12(2,9-13)14-11(15)8-10-6-4-3-5-7-10/h10H,3-9,13H2,1-2H3,(H,14,15). The van der Waals surface area contributed by atoms with E-state index >= 15 is 0 Å². The number of nitrogens with two attached hydrogens (primary N) is 1. The summed E-state index contributed by atoms with van der Waals surface area (Å²) < 4.78 is 0. The fourth-order valence-corrected chi connectivity index (χ4v) is 2.13. The average Bonchev–Trinajstić information content (AvgIpc) is 2.18. The maximum Gasteiger partial charge on any atom is 0.220 e. The van der Waals surface area contributed by atoms with Gasteiger partial charge in [-0.25, -0.2) is 0 Å². The molecule has 0 bridgehead atoms. The van der Waals surface area contributed by atoms with Crippen molar-refractivity contribution in [2.24, 2.45) is 11.7 Å². The highest BCUT2D eigenvalue weighted by Crippen LogP contribution is 2.26. The van der Waals surface area contributed by atoms with Gasteiger partial charge in [0, 0.05) is 18.5 Å². The van der Waals surface area contributed by atoms with Gasteiger partial charge in [-0.3, -0.25) is 4.79 Å². The monoisotopic (exact) mass is 212 g/mol. The molecule has 1 aliphatic rings. The number of nitrogens with one attached hydrogen (secondary N) is 1. The molecule has 1 fully saturated rings. The Labute approximate surface area is 92.8 Å². The van der Waals surface area contributed by atoms with Crippen molar-refractivity contribution in [3.63, 3.8) is 0 Å². The van der Waals surface area contributed by atoms with Crippen molar-refractivity contribution in [2.45, 2.75) is 57.9 Å². The van der Waals surface area contributed by atoms with Crippen molar-refractivity contribution in [2.75, 3.05) is 6.54 Å². The summed E-state index contributed by atoms with van der Waals surface area (Å²) in [5.41, 5.74) is 5.31. The van der Waals surface area contributed by atoms with Gasteiger partial charge in [-0.15, -0.1) is 0 Å². The Kier molecular flexibility index (Phi) is 4.58. The number of amides is 1. The van der Waals surface area contributed by atoms with Crippen molar-refractivity contribution >= 4 is 5.91 Å². The summed E-state index contributed by atoms with van der Waals surface area (Å²) in [5, 5.41) is 2.99. The molecule has 1 rings (SSSR count). The van der Waals surface area contributed by atoms with Crippen LogP contribution in [-0.2, 0) is 4.79 Å². The summed E-state index contributed by atoms with van der Waals surface area (Å²) in [6, 6.07) is 0. The van der Waals surface area contributed by atoms with E-state index in [1.165, 1.54) is 32.1 Å². The molecular formula is C12H24N2O. The van der Waals surface area contributed by atoms with Crippen molar-refractivity contribution in [1.82, 2.24) is 5.32 Å². The van der Waals surface area contributed by atoms with Gasteiger partial charge in [-0.2, -0.15) is 0 Å². The number of hydrogen-bond acceptors (Lipinski definition) is 2. The molecule has 0 aromatic rings. The molecule has 15 heavy (non-hydrogen) atoms. The van der Waals surface area contributed by atoms with Crippen LogP contribution in [0.3, 0.4) is 0 Å². The molecule has 0 unspecified atom stereocenters. The molecule has 0 aromatic carbocycles. The highest BCUT2D eigenvalue weighted by molar-refractivity contribution is 5.77. The van der Waals surface area contributed by atoms with E-state index in [0.29, 0.717) is 18.9 Å². The van der Waals surface area contributed by atoms with Gasteiger partial charge in [0.25, 0.3) is 0 Å². The predicted molar refractivity (Wildman–Crippen MR) is 62.5 cm³/mol. The molecule has 0 aliphatic heterocycles. The molecule has 88 valence electrons. The summed E-state index contributed by atoms with van der Waals surface area (Å²) in [6.07, 6.45) is 7.04. The normalized spacial score (nSPS) is 18.9. The zero-order valence-electron chi connectivity index (χ0n) is 10.0. The van der Waals surface area contributed by atoms with E-state index in [-0.39, 0.29) is 11.4 Å². The van der Waals surface area contributed by atoms with E-state index in [4.69, 9.17) is 5.73 Å². The Balaban J connectivity index is 2.28. The fourth-order valence-electron chi connectivity index (χ4n) is 2.13. The quantitative estimate of drug-likeness (QED) is 0.746. The summed E-state index contributed by atoms with van der Waals surface area (Å²) in [4.78, 5) is 11.7. The average molecular weight is 212 g/mol. The smallest absolute Gasteiger partial charge is 0.220 e. The van der Waals surface area contributed by atoms with Crippen LogP contribution in [0.1, 0.15) is 52.4 Å². The Hall–Kier alpha value is -0.570. The van der Waals surface area contributed by atoms with E-state index in [1.54, 1.807) is 0 Å². The van der Waals surface area contributed by atoms with Crippen molar-refractivity contribution in [1.29, 1.82) is 0 Å². The first kappa shape index (κ1) is 12.5. The molecule has 1 amide bonds. The zero-order chi connectivity index (χ0) is 11.3. The second-order valence-electron chi connectivity index (χ2n) is 5.34. The summed E-state index contributed by atoms with van der Waals surface area (Å²) >= 11 is 0. The van der Waals surface area contributed by atoms with Crippen LogP contribution in [0.4, 0.5) is 0 Å². The maximum atomic E-state index is 11.7. The Morgan fingerprint density at radius 1 is 1.33 bits per heavy atom. The van der Waals surface area contributed by atoms with Gasteiger partial charge < -0.3 is 11.1 Å². The third-order valence-corrected chi connectivity index (χ3v) is 3.19. The second kappa shape index (κ2) is 5.50. The highest BCUT2D eigenvalue weighted by atomic mass is 16.1. The molecule has 3 heteroatoms.